The minimum Gasteiger partial charge on any atom is -0.489 e. The molecular formula is C20H20FN5O3. The molecule has 4 rings (SSSR count). The summed E-state index contributed by atoms with van der Waals surface area (Å²) in [6, 6.07) is 11.4. The maximum absolute atomic E-state index is 13.6. The Labute approximate surface area is 165 Å². The van der Waals surface area contributed by atoms with Gasteiger partial charge in [-0.15, -0.1) is 10.2 Å². The number of benzene rings is 2. The molecule has 9 heteroatoms. The number of hydrogen-bond donors (Lipinski definition) is 2. The van der Waals surface area contributed by atoms with Crippen LogP contribution < -0.4 is 15.6 Å². The van der Waals surface area contributed by atoms with E-state index in [0.717, 1.165) is 5.52 Å². The number of aromatic nitrogens is 4. The summed E-state index contributed by atoms with van der Waals surface area (Å²) in [5, 5.41) is 21.2. The van der Waals surface area contributed by atoms with Gasteiger partial charge in [-0.05, 0) is 31.2 Å². The number of aliphatic hydroxyl groups excluding tert-OH is 1. The average Bonchev–Trinajstić information content (AvgIpc) is 3.16. The van der Waals surface area contributed by atoms with E-state index in [1.54, 1.807) is 16.7 Å². The lowest BCUT2D eigenvalue weighted by Gasteiger charge is -2.13. The van der Waals surface area contributed by atoms with E-state index in [2.05, 4.69) is 15.5 Å². The Kier molecular flexibility index (Phi) is 5.13. The zero-order valence-electron chi connectivity index (χ0n) is 15.8. The number of para-hydroxylation sites is 1. The molecule has 0 aliphatic heterocycles. The molecular weight excluding hydrogens is 377 g/mol. The fourth-order valence-corrected chi connectivity index (χ4v) is 3.31. The monoisotopic (exact) mass is 397 g/mol. The van der Waals surface area contributed by atoms with E-state index in [-0.39, 0.29) is 25.3 Å². The van der Waals surface area contributed by atoms with Crippen LogP contribution in [-0.4, -0.2) is 37.5 Å². The van der Waals surface area contributed by atoms with Crippen molar-refractivity contribution in [1.82, 2.24) is 19.2 Å². The number of nitrogens with zero attached hydrogens (tertiary/aromatic N) is 4. The second kappa shape index (κ2) is 7.88. The van der Waals surface area contributed by atoms with Gasteiger partial charge in [-0.1, -0.05) is 12.1 Å². The Morgan fingerprint density at radius 3 is 2.83 bits per heavy atom. The second-order valence-corrected chi connectivity index (χ2v) is 6.38. The van der Waals surface area contributed by atoms with Crippen LogP contribution in [0.1, 0.15) is 12.7 Å². The largest absolute Gasteiger partial charge is 0.489 e. The maximum Gasteiger partial charge on any atom is 0.262 e. The molecule has 0 radical (unpaired) electrons. The van der Waals surface area contributed by atoms with Crippen LogP contribution in [0.3, 0.4) is 0 Å². The number of nitrogens with one attached hydrogen (secondary N) is 1. The van der Waals surface area contributed by atoms with Gasteiger partial charge in [-0.3, -0.25) is 13.8 Å². The van der Waals surface area contributed by atoms with E-state index in [1.807, 2.05) is 29.5 Å². The smallest absolute Gasteiger partial charge is 0.262 e. The number of aliphatic hydroxyl groups is 1. The Hall–Kier alpha value is -3.46. The van der Waals surface area contributed by atoms with Crippen molar-refractivity contribution in [3.8, 4) is 5.75 Å². The summed E-state index contributed by atoms with van der Waals surface area (Å²) in [5.41, 5.74) is 1.17. The number of rotatable bonds is 7. The number of anilines is 1. The van der Waals surface area contributed by atoms with Crippen LogP contribution in [0, 0.1) is 5.82 Å². The summed E-state index contributed by atoms with van der Waals surface area (Å²) >= 11 is 0. The highest BCUT2D eigenvalue weighted by Gasteiger charge is 2.16. The highest BCUT2D eigenvalue weighted by molar-refractivity contribution is 5.80. The van der Waals surface area contributed by atoms with Gasteiger partial charge in [0.05, 0.1) is 29.7 Å². The van der Waals surface area contributed by atoms with Crippen LogP contribution >= 0.6 is 0 Å². The number of hydrogen-bond acceptors (Lipinski definition) is 6. The number of ether oxygens (including phenoxy) is 1. The predicted octanol–water partition coefficient (Wildman–Crippen LogP) is 2.19. The lowest BCUT2D eigenvalue weighted by Crippen LogP contribution is -2.23. The second-order valence-electron chi connectivity index (χ2n) is 6.38. The molecule has 0 unspecified atom stereocenters. The molecule has 4 aromatic rings. The number of halogens is 1. The topological polar surface area (TPSA) is 93.7 Å². The molecule has 2 N–H and O–H groups in total. The third-order valence-electron chi connectivity index (χ3n) is 4.62. The standard InChI is InChI=1S/C20H20FN5O3/c1-2-25-19(28)14-5-3-4-6-16(14)26-18(23-24-20(25)26)12-22-15-8-7-13(21)11-17(15)29-10-9-27/h3-8,11,22,27H,2,9-10,12H2,1H3. The van der Waals surface area contributed by atoms with Crippen LogP contribution in [-0.2, 0) is 13.1 Å². The Morgan fingerprint density at radius 1 is 1.21 bits per heavy atom. The minimum absolute atomic E-state index is 0.0550. The van der Waals surface area contributed by atoms with Crippen LogP contribution in [0.5, 0.6) is 5.75 Å². The van der Waals surface area contributed by atoms with E-state index < -0.39 is 5.82 Å². The molecule has 0 fully saturated rings. The predicted molar refractivity (Wildman–Crippen MR) is 107 cm³/mol. The molecule has 0 atom stereocenters. The summed E-state index contributed by atoms with van der Waals surface area (Å²) in [5.74, 6) is 0.914. The zero-order chi connectivity index (χ0) is 20.4. The van der Waals surface area contributed by atoms with E-state index in [0.29, 0.717) is 35.0 Å². The third-order valence-corrected chi connectivity index (χ3v) is 4.62. The Balaban J connectivity index is 1.75. The van der Waals surface area contributed by atoms with Gasteiger partial charge in [0.2, 0.25) is 5.78 Å². The molecule has 8 nitrogen and oxygen atoms in total. The molecule has 29 heavy (non-hydrogen) atoms. The summed E-state index contributed by atoms with van der Waals surface area (Å²) in [7, 11) is 0. The van der Waals surface area contributed by atoms with Gasteiger partial charge in [0, 0.05) is 12.6 Å². The van der Waals surface area contributed by atoms with Crippen molar-refractivity contribution in [3.63, 3.8) is 0 Å². The van der Waals surface area contributed by atoms with Crippen LogP contribution in [0.4, 0.5) is 10.1 Å². The summed E-state index contributed by atoms with van der Waals surface area (Å²) in [6.07, 6.45) is 0. The first-order chi connectivity index (χ1) is 14.1. The highest BCUT2D eigenvalue weighted by Crippen LogP contribution is 2.26. The SMILES string of the molecule is CCn1c(=O)c2ccccc2n2c(CNc3ccc(F)cc3OCCO)nnc12. The van der Waals surface area contributed by atoms with Gasteiger partial charge in [0.25, 0.3) is 5.56 Å². The molecule has 0 aliphatic carbocycles. The van der Waals surface area contributed by atoms with Crippen molar-refractivity contribution < 1.29 is 14.2 Å². The lowest BCUT2D eigenvalue weighted by molar-refractivity contribution is 0.201. The quantitative estimate of drug-likeness (QED) is 0.497. The van der Waals surface area contributed by atoms with Crippen molar-refractivity contribution >= 4 is 22.4 Å². The Bertz CT molecular complexity index is 1230. The average molecular weight is 397 g/mol. The van der Waals surface area contributed by atoms with Crippen LogP contribution in [0.15, 0.2) is 47.3 Å². The van der Waals surface area contributed by atoms with Gasteiger partial charge in [-0.2, -0.15) is 0 Å². The molecule has 2 aromatic carbocycles. The summed E-state index contributed by atoms with van der Waals surface area (Å²) in [4.78, 5) is 12.7. The van der Waals surface area contributed by atoms with Crippen molar-refractivity contribution in [3.05, 3.63) is 64.5 Å². The third kappa shape index (κ3) is 3.40. The molecule has 0 saturated carbocycles. The summed E-state index contributed by atoms with van der Waals surface area (Å²) < 4.78 is 22.4. The molecule has 0 saturated heterocycles. The molecule has 0 aliphatic rings. The zero-order valence-corrected chi connectivity index (χ0v) is 15.8. The van der Waals surface area contributed by atoms with Gasteiger partial charge in [0.1, 0.15) is 18.2 Å². The molecule has 0 amide bonds. The fraction of sp³-hybridized carbons (Fsp3) is 0.250. The van der Waals surface area contributed by atoms with Gasteiger partial charge in [-0.25, -0.2) is 4.39 Å². The summed E-state index contributed by atoms with van der Waals surface area (Å²) in [6.45, 7) is 2.50. The van der Waals surface area contributed by atoms with E-state index >= 15 is 0 Å². The molecule has 2 heterocycles. The Morgan fingerprint density at radius 2 is 2.03 bits per heavy atom. The first-order valence-corrected chi connectivity index (χ1v) is 9.26. The van der Waals surface area contributed by atoms with E-state index in [9.17, 15) is 9.18 Å². The van der Waals surface area contributed by atoms with Gasteiger partial charge < -0.3 is 15.2 Å². The number of aryl methyl sites for hydroxylation is 1. The molecule has 2 aromatic heterocycles. The van der Waals surface area contributed by atoms with Crippen molar-refractivity contribution in [2.45, 2.75) is 20.0 Å². The lowest BCUT2D eigenvalue weighted by atomic mass is 10.2. The van der Waals surface area contributed by atoms with E-state index in [1.165, 1.54) is 12.1 Å². The van der Waals surface area contributed by atoms with Crippen LogP contribution in [0.2, 0.25) is 0 Å². The first kappa shape index (κ1) is 18.9. The highest BCUT2D eigenvalue weighted by atomic mass is 19.1. The molecule has 150 valence electrons. The van der Waals surface area contributed by atoms with E-state index in [4.69, 9.17) is 9.84 Å². The molecule has 0 bridgehead atoms. The van der Waals surface area contributed by atoms with Crippen molar-refractivity contribution in [2.75, 3.05) is 18.5 Å². The van der Waals surface area contributed by atoms with Crippen molar-refractivity contribution in [2.24, 2.45) is 0 Å². The number of fused-ring (bicyclic) bond motifs is 3. The maximum atomic E-state index is 13.6. The van der Waals surface area contributed by atoms with Crippen LogP contribution in [0.25, 0.3) is 16.7 Å². The van der Waals surface area contributed by atoms with Gasteiger partial charge in [0.15, 0.2) is 5.82 Å². The minimum atomic E-state index is -0.436. The first-order valence-electron chi connectivity index (χ1n) is 9.26. The van der Waals surface area contributed by atoms with Gasteiger partial charge >= 0.3 is 0 Å². The fourth-order valence-electron chi connectivity index (χ4n) is 3.31. The van der Waals surface area contributed by atoms with Crippen molar-refractivity contribution in [1.29, 1.82) is 0 Å². The molecule has 0 spiro atoms. The normalized spacial score (nSPS) is 11.3.